The van der Waals surface area contributed by atoms with Gasteiger partial charge in [0.1, 0.15) is 0 Å². The Kier molecular flexibility index (Phi) is 7.44. The lowest BCUT2D eigenvalue weighted by molar-refractivity contribution is 0.0732. The molecule has 0 aliphatic heterocycles. The molecule has 0 radical (unpaired) electrons. The molecule has 0 saturated heterocycles. The molecule has 0 spiro atoms. The van der Waals surface area contributed by atoms with Crippen LogP contribution in [0.25, 0.3) is 0 Å². The molecule has 2 aromatic carbocycles. The maximum atomic E-state index is 13.0. The molecule has 0 atom stereocenters. The first kappa shape index (κ1) is 19.4. The summed E-state index contributed by atoms with van der Waals surface area (Å²) in [6.07, 6.45) is 0. The first-order chi connectivity index (χ1) is 12.0. The number of likely N-dealkylation sites (N-methyl/N-ethyl adjacent to an activating group) is 1. The third-order valence-corrected chi connectivity index (χ3v) is 4.11. The molecule has 5 heteroatoms. The highest BCUT2D eigenvalue weighted by molar-refractivity contribution is 6.30. The van der Waals surface area contributed by atoms with E-state index in [9.17, 15) is 4.79 Å². The maximum Gasteiger partial charge on any atom is 0.254 e. The Labute approximate surface area is 155 Å². The van der Waals surface area contributed by atoms with Crippen LogP contribution < -0.4 is 0 Å². The summed E-state index contributed by atoms with van der Waals surface area (Å²) >= 11 is 6.08. The van der Waals surface area contributed by atoms with Gasteiger partial charge >= 0.3 is 0 Å². The van der Waals surface area contributed by atoms with Crippen LogP contribution in [-0.4, -0.2) is 50.0 Å². The van der Waals surface area contributed by atoms with Gasteiger partial charge in [-0.05, 0) is 49.5 Å². The van der Waals surface area contributed by atoms with Crippen LogP contribution >= 0.6 is 11.6 Å². The zero-order chi connectivity index (χ0) is 18.2. The number of hydrogen-bond donors (Lipinski definition) is 0. The Morgan fingerprint density at radius 1 is 1.04 bits per heavy atom. The normalized spacial score (nSPS) is 10.9. The summed E-state index contributed by atoms with van der Waals surface area (Å²) in [5, 5.41) is 0.682. The van der Waals surface area contributed by atoms with E-state index < -0.39 is 0 Å². The molecule has 2 aromatic rings. The molecule has 0 N–H and O–H groups in total. The Hall–Kier alpha value is -1.88. The molecule has 4 nitrogen and oxygen atoms in total. The summed E-state index contributed by atoms with van der Waals surface area (Å²) in [5.41, 5.74) is 2.75. The van der Waals surface area contributed by atoms with Crippen molar-refractivity contribution in [3.8, 4) is 0 Å². The smallest absolute Gasteiger partial charge is 0.254 e. The zero-order valence-corrected chi connectivity index (χ0v) is 15.8. The fourth-order valence-corrected chi connectivity index (χ4v) is 2.73. The lowest BCUT2D eigenvalue weighted by atomic mass is 10.1. The minimum absolute atomic E-state index is 0.0193. The van der Waals surface area contributed by atoms with Gasteiger partial charge in [0.15, 0.2) is 0 Å². The van der Waals surface area contributed by atoms with E-state index in [0.29, 0.717) is 30.3 Å². The molecule has 134 valence electrons. The van der Waals surface area contributed by atoms with E-state index >= 15 is 0 Å². The number of hydrogen-bond acceptors (Lipinski definition) is 3. The summed E-state index contributed by atoms with van der Waals surface area (Å²) in [4.78, 5) is 16.9. The molecule has 2 rings (SSSR count). The van der Waals surface area contributed by atoms with Crippen molar-refractivity contribution in [3.63, 3.8) is 0 Å². The highest BCUT2D eigenvalue weighted by Crippen LogP contribution is 2.15. The van der Waals surface area contributed by atoms with Crippen molar-refractivity contribution in [2.45, 2.75) is 13.2 Å². The van der Waals surface area contributed by atoms with E-state index in [-0.39, 0.29) is 5.91 Å². The van der Waals surface area contributed by atoms with Crippen LogP contribution in [0.1, 0.15) is 21.5 Å². The number of benzene rings is 2. The van der Waals surface area contributed by atoms with Gasteiger partial charge in [-0.25, -0.2) is 0 Å². The molecule has 0 fully saturated rings. The summed E-state index contributed by atoms with van der Waals surface area (Å²) < 4.78 is 5.12. The SMILES string of the molecule is COCc1ccc(C(=O)N(CCN(C)C)Cc2cccc(Cl)c2)cc1. The van der Waals surface area contributed by atoms with E-state index in [0.717, 1.165) is 17.7 Å². The summed E-state index contributed by atoms with van der Waals surface area (Å²) in [5.74, 6) is 0.0193. The van der Waals surface area contributed by atoms with Gasteiger partial charge in [0.2, 0.25) is 0 Å². The van der Waals surface area contributed by atoms with Crippen LogP contribution in [0.15, 0.2) is 48.5 Å². The lowest BCUT2D eigenvalue weighted by Crippen LogP contribution is -2.36. The highest BCUT2D eigenvalue weighted by Gasteiger charge is 2.16. The number of amides is 1. The first-order valence-corrected chi connectivity index (χ1v) is 8.63. The number of methoxy groups -OCH3 is 1. The van der Waals surface area contributed by atoms with Gasteiger partial charge in [-0.15, -0.1) is 0 Å². The highest BCUT2D eigenvalue weighted by atomic mass is 35.5. The Morgan fingerprint density at radius 3 is 2.36 bits per heavy atom. The third-order valence-electron chi connectivity index (χ3n) is 3.88. The molecule has 0 heterocycles. The molecular formula is C20H25ClN2O2. The average Bonchev–Trinajstić information content (AvgIpc) is 2.59. The predicted octanol–water partition coefficient (Wildman–Crippen LogP) is 3.69. The molecule has 0 aliphatic rings. The third kappa shape index (κ3) is 6.16. The van der Waals surface area contributed by atoms with Crippen molar-refractivity contribution in [1.82, 2.24) is 9.80 Å². The second kappa shape index (κ2) is 9.56. The van der Waals surface area contributed by atoms with Crippen LogP contribution in [0.4, 0.5) is 0 Å². The number of nitrogens with zero attached hydrogens (tertiary/aromatic N) is 2. The number of rotatable bonds is 8. The standard InChI is InChI=1S/C20H25ClN2O2/c1-22(2)11-12-23(14-17-5-4-6-19(21)13-17)20(24)18-9-7-16(8-10-18)15-25-3/h4-10,13H,11-12,14-15H2,1-3H3. The minimum atomic E-state index is 0.0193. The second-order valence-corrected chi connectivity index (χ2v) is 6.73. The van der Waals surface area contributed by atoms with Crippen LogP contribution in [0.3, 0.4) is 0 Å². The molecule has 0 bridgehead atoms. The zero-order valence-electron chi connectivity index (χ0n) is 15.0. The molecular weight excluding hydrogens is 336 g/mol. The second-order valence-electron chi connectivity index (χ2n) is 6.29. The van der Waals surface area contributed by atoms with Gasteiger partial charge < -0.3 is 14.5 Å². The molecule has 0 unspecified atom stereocenters. The predicted molar refractivity (Wildman–Crippen MR) is 102 cm³/mol. The van der Waals surface area contributed by atoms with Crippen molar-refractivity contribution in [2.75, 3.05) is 34.3 Å². The van der Waals surface area contributed by atoms with Crippen molar-refractivity contribution >= 4 is 17.5 Å². The first-order valence-electron chi connectivity index (χ1n) is 8.26. The van der Waals surface area contributed by atoms with Crippen molar-refractivity contribution in [2.24, 2.45) is 0 Å². The maximum absolute atomic E-state index is 13.0. The largest absolute Gasteiger partial charge is 0.380 e. The lowest BCUT2D eigenvalue weighted by Gasteiger charge is -2.25. The quantitative estimate of drug-likeness (QED) is 0.719. The number of carbonyl (C=O) groups is 1. The van der Waals surface area contributed by atoms with Crippen LogP contribution in [0, 0.1) is 0 Å². The van der Waals surface area contributed by atoms with Crippen molar-refractivity contribution in [3.05, 3.63) is 70.2 Å². The van der Waals surface area contributed by atoms with E-state index in [4.69, 9.17) is 16.3 Å². The molecule has 1 amide bonds. The summed E-state index contributed by atoms with van der Waals surface area (Å²) in [6, 6.07) is 15.2. The molecule has 25 heavy (non-hydrogen) atoms. The van der Waals surface area contributed by atoms with E-state index in [2.05, 4.69) is 4.90 Å². The number of halogens is 1. The Balaban J connectivity index is 2.16. The molecule has 0 aromatic heterocycles. The topological polar surface area (TPSA) is 32.8 Å². The Bertz CT molecular complexity index is 686. The fourth-order valence-electron chi connectivity index (χ4n) is 2.52. The van der Waals surface area contributed by atoms with Gasteiger partial charge in [-0.3, -0.25) is 4.79 Å². The summed E-state index contributed by atoms with van der Waals surface area (Å²) in [6.45, 7) is 2.53. The number of ether oxygens (including phenoxy) is 1. The minimum Gasteiger partial charge on any atom is -0.380 e. The molecule has 0 saturated carbocycles. The van der Waals surface area contributed by atoms with Gasteiger partial charge in [0.05, 0.1) is 6.61 Å². The fraction of sp³-hybridized carbons (Fsp3) is 0.350. The van der Waals surface area contributed by atoms with Gasteiger partial charge in [-0.1, -0.05) is 35.9 Å². The number of carbonyl (C=O) groups excluding carboxylic acids is 1. The Morgan fingerprint density at radius 2 is 1.76 bits per heavy atom. The molecule has 0 aliphatic carbocycles. The van der Waals surface area contributed by atoms with Gasteiger partial charge in [0, 0.05) is 37.3 Å². The van der Waals surface area contributed by atoms with Crippen LogP contribution in [-0.2, 0) is 17.9 Å². The van der Waals surface area contributed by atoms with Crippen molar-refractivity contribution < 1.29 is 9.53 Å². The van der Waals surface area contributed by atoms with Gasteiger partial charge in [0.25, 0.3) is 5.91 Å². The van der Waals surface area contributed by atoms with E-state index in [1.165, 1.54) is 0 Å². The average molecular weight is 361 g/mol. The van der Waals surface area contributed by atoms with Crippen LogP contribution in [0.5, 0.6) is 0 Å². The van der Waals surface area contributed by atoms with Gasteiger partial charge in [-0.2, -0.15) is 0 Å². The van der Waals surface area contributed by atoms with Crippen molar-refractivity contribution in [1.29, 1.82) is 0 Å². The van der Waals surface area contributed by atoms with E-state index in [1.807, 2.05) is 67.5 Å². The van der Waals surface area contributed by atoms with E-state index in [1.54, 1.807) is 7.11 Å². The summed E-state index contributed by atoms with van der Waals surface area (Å²) in [7, 11) is 5.66. The monoisotopic (exact) mass is 360 g/mol. The van der Waals surface area contributed by atoms with Crippen LogP contribution in [0.2, 0.25) is 5.02 Å².